The summed E-state index contributed by atoms with van der Waals surface area (Å²) in [5.41, 5.74) is 3.25. The van der Waals surface area contributed by atoms with Gasteiger partial charge in [-0.3, -0.25) is 4.99 Å². The Kier molecular flexibility index (Phi) is 4.88. The summed E-state index contributed by atoms with van der Waals surface area (Å²) in [6, 6.07) is 2.08. The molecule has 0 fully saturated rings. The number of hydrogen-bond donors (Lipinski definition) is 0. The number of fused-ring (bicyclic) bond motifs is 1. The minimum Gasteiger partial charge on any atom is -0.349 e. The molecule has 0 spiro atoms. The lowest BCUT2D eigenvalue weighted by Gasteiger charge is -2.22. The summed E-state index contributed by atoms with van der Waals surface area (Å²) in [5.74, 6) is 0.970. The molecule has 2 aromatic heterocycles. The summed E-state index contributed by atoms with van der Waals surface area (Å²) in [4.78, 5) is 13.4. The van der Waals surface area contributed by atoms with Crippen LogP contribution < -0.4 is 0 Å². The molecule has 0 saturated carbocycles. The number of imidazole rings is 1. The Bertz CT molecular complexity index is 647. The van der Waals surface area contributed by atoms with Crippen molar-refractivity contribution in [3.05, 3.63) is 34.2 Å². The van der Waals surface area contributed by atoms with Crippen molar-refractivity contribution in [2.75, 3.05) is 34.7 Å². The quantitative estimate of drug-likeness (QED) is 0.629. The van der Waals surface area contributed by atoms with E-state index in [4.69, 9.17) is 0 Å². The SMILES string of the molecule is Cc1cc(Br)cn2cc(CCN=C(N(C)C)N(C)C)nc12. The predicted octanol–water partition coefficient (Wildman–Crippen LogP) is 2.43. The smallest absolute Gasteiger partial charge is 0.195 e. The molecule has 114 valence electrons. The van der Waals surface area contributed by atoms with Gasteiger partial charge in [-0.05, 0) is 34.5 Å². The molecule has 2 rings (SSSR count). The summed E-state index contributed by atoms with van der Waals surface area (Å²) in [6.45, 7) is 2.81. The van der Waals surface area contributed by atoms with Crippen LogP contribution in [0.25, 0.3) is 5.65 Å². The monoisotopic (exact) mass is 351 g/mol. The standard InChI is InChI=1S/C15H22BrN5/c1-11-8-12(16)9-21-10-13(18-14(11)21)6-7-17-15(19(2)3)20(4)5/h8-10H,6-7H2,1-5H3. The first kappa shape index (κ1) is 15.8. The Morgan fingerprint density at radius 2 is 1.90 bits per heavy atom. The highest BCUT2D eigenvalue weighted by Gasteiger charge is 2.07. The van der Waals surface area contributed by atoms with Gasteiger partial charge in [0.05, 0.1) is 5.69 Å². The van der Waals surface area contributed by atoms with Crippen LogP contribution >= 0.6 is 15.9 Å². The number of hydrogen-bond acceptors (Lipinski definition) is 2. The second-order valence-corrected chi connectivity index (χ2v) is 6.44. The van der Waals surface area contributed by atoms with Crippen LogP contribution in [-0.4, -0.2) is 59.9 Å². The van der Waals surface area contributed by atoms with Gasteiger partial charge < -0.3 is 14.2 Å². The molecule has 2 aromatic rings. The minimum atomic E-state index is 0.732. The van der Waals surface area contributed by atoms with Crippen LogP contribution in [0.3, 0.4) is 0 Å². The van der Waals surface area contributed by atoms with E-state index in [-0.39, 0.29) is 0 Å². The molecular formula is C15H22BrN5. The third kappa shape index (κ3) is 3.75. The molecule has 21 heavy (non-hydrogen) atoms. The molecule has 0 aromatic carbocycles. The van der Waals surface area contributed by atoms with Gasteiger partial charge >= 0.3 is 0 Å². The highest BCUT2D eigenvalue weighted by Crippen LogP contribution is 2.17. The van der Waals surface area contributed by atoms with Crippen LogP contribution in [0.4, 0.5) is 0 Å². The number of aryl methyl sites for hydroxylation is 1. The van der Waals surface area contributed by atoms with Crippen LogP contribution in [0.1, 0.15) is 11.3 Å². The molecule has 0 bridgehead atoms. The van der Waals surface area contributed by atoms with Gasteiger partial charge in [0.25, 0.3) is 0 Å². The summed E-state index contributed by atoms with van der Waals surface area (Å²) < 4.78 is 3.13. The zero-order valence-electron chi connectivity index (χ0n) is 13.3. The maximum atomic E-state index is 4.69. The first-order valence-electron chi connectivity index (χ1n) is 6.91. The van der Waals surface area contributed by atoms with Gasteiger partial charge in [-0.25, -0.2) is 4.98 Å². The fourth-order valence-corrected chi connectivity index (χ4v) is 2.91. The maximum absolute atomic E-state index is 4.69. The molecule has 0 aliphatic heterocycles. The Morgan fingerprint density at radius 3 is 2.52 bits per heavy atom. The summed E-state index contributed by atoms with van der Waals surface area (Å²) >= 11 is 3.51. The van der Waals surface area contributed by atoms with Crippen LogP contribution in [-0.2, 0) is 6.42 Å². The normalized spacial score (nSPS) is 10.8. The molecule has 0 aliphatic rings. The number of pyridine rings is 1. The molecule has 0 unspecified atom stereocenters. The first-order valence-corrected chi connectivity index (χ1v) is 7.70. The Hall–Kier alpha value is -1.56. The van der Waals surface area contributed by atoms with Crippen molar-refractivity contribution in [1.82, 2.24) is 19.2 Å². The van der Waals surface area contributed by atoms with E-state index in [9.17, 15) is 0 Å². The minimum absolute atomic E-state index is 0.732. The molecule has 6 heteroatoms. The largest absolute Gasteiger partial charge is 0.349 e. The van der Waals surface area contributed by atoms with Gasteiger partial charge in [0.1, 0.15) is 5.65 Å². The van der Waals surface area contributed by atoms with Crippen molar-refractivity contribution in [3.63, 3.8) is 0 Å². The lowest BCUT2D eigenvalue weighted by molar-refractivity contribution is 0.479. The van der Waals surface area contributed by atoms with Crippen LogP contribution in [0.15, 0.2) is 27.9 Å². The van der Waals surface area contributed by atoms with Crippen LogP contribution in [0.5, 0.6) is 0 Å². The highest BCUT2D eigenvalue weighted by molar-refractivity contribution is 9.10. The predicted molar refractivity (Wildman–Crippen MR) is 91.0 cm³/mol. The van der Waals surface area contributed by atoms with Crippen LogP contribution in [0.2, 0.25) is 0 Å². The van der Waals surface area contributed by atoms with E-state index in [0.29, 0.717) is 0 Å². The zero-order valence-corrected chi connectivity index (χ0v) is 14.8. The molecule has 0 N–H and O–H groups in total. The van der Waals surface area contributed by atoms with Crippen molar-refractivity contribution >= 4 is 27.5 Å². The molecule has 0 aliphatic carbocycles. The Balaban J connectivity index is 2.14. The molecule has 2 heterocycles. The summed E-state index contributed by atoms with van der Waals surface area (Å²) in [6.07, 6.45) is 4.95. The molecule has 0 radical (unpaired) electrons. The lowest BCUT2D eigenvalue weighted by atomic mass is 10.3. The third-order valence-electron chi connectivity index (χ3n) is 3.17. The summed E-state index contributed by atoms with van der Waals surface area (Å²) in [5, 5.41) is 0. The number of nitrogens with zero attached hydrogens (tertiary/aromatic N) is 5. The van der Waals surface area contributed by atoms with E-state index in [1.807, 2.05) is 44.2 Å². The van der Waals surface area contributed by atoms with Crippen molar-refractivity contribution in [2.24, 2.45) is 4.99 Å². The van der Waals surface area contributed by atoms with Gasteiger partial charge in [-0.1, -0.05) is 0 Å². The topological polar surface area (TPSA) is 36.1 Å². The molecular weight excluding hydrogens is 330 g/mol. The number of rotatable bonds is 3. The van der Waals surface area contributed by atoms with E-state index < -0.39 is 0 Å². The van der Waals surface area contributed by atoms with Gasteiger partial charge in [-0.15, -0.1) is 0 Å². The van der Waals surface area contributed by atoms with Gasteiger partial charge in [0, 0.05) is 58.0 Å². The number of aliphatic imine (C=N–C) groups is 1. The van der Waals surface area contributed by atoms with E-state index in [0.717, 1.165) is 34.7 Å². The van der Waals surface area contributed by atoms with Crippen molar-refractivity contribution in [3.8, 4) is 0 Å². The zero-order chi connectivity index (χ0) is 15.6. The average molecular weight is 352 g/mol. The third-order valence-corrected chi connectivity index (χ3v) is 3.61. The molecule has 0 atom stereocenters. The highest BCUT2D eigenvalue weighted by atomic mass is 79.9. The van der Waals surface area contributed by atoms with Crippen molar-refractivity contribution in [1.29, 1.82) is 0 Å². The fraction of sp³-hybridized carbons (Fsp3) is 0.467. The number of guanidine groups is 1. The van der Waals surface area contributed by atoms with Gasteiger partial charge in [0.15, 0.2) is 5.96 Å². The molecule has 5 nitrogen and oxygen atoms in total. The Labute approximate surface area is 134 Å². The second kappa shape index (κ2) is 6.47. The van der Waals surface area contributed by atoms with Gasteiger partial charge in [-0.2, -0.15) is 0 Å². The van der Waals surface area contributed by atoms with Crippen LogP contribution in [0, 0.1) is 6.92 Å². The van der Waals surface area contributed by atoms with E-state index in [1.54, 1.807) is 0 Å². The molecule has 0 saturated heterocycles. The fourth-order valence-electron chi connectivity index (χ4n) is 2.35. The number of halogens is 1. The van der Waals surface area contributed by atoms with Crippen molar-refractivity contribution in [2.45, 2.75) is 13.3 Å². The number of aromatic nitrogens is 2. The van der Waals surface area contributed by atoms with Crippen molar-refractivity contribution < 1.29 is 0 Å². The average Bonchev–Trinajstić information content (AvgIpc) is 2.76. The lowest BCUT2D eigenvalue weighted by Crippen LogP contribution is -2.35. The molecule has 0 amide bonds. The Morgan fingerprint density at radius 1 is 1.24 bits per heavy atom. The second-order valence-electron chi connectivity index (χ2n) is 5.53. The summed E-state index contributed by atoms with van der Waals surface area (Å²) in [7, 11) is 8.02. The first-order chi connectivity index (χ1) is 9.88. The van der Waals surface area contributed by atoms with E-state index >= 15 is 0 Å². The van der Waals surface area contributed by atoms with Gasteiger partial charge in [0.2, 0.25) is 0 Å². The van der Waals surface area contributed by atoms with E-state index in [2.05, 4.69) is 49.5 Å². The van der Waals surface area contributed by atoms with E-state index in [1.165, 1.54) is 5.56 Å². The maximum Gasteiger partial charge on any atom is 0.195 e.